The van der Waals surface area contributed by atoms with Gasteiger partial charge in [-0.25, -0.2) is 4.79 Å². The SMILES string of the molecule is CO/N=C/c1ccc(C(=O)O)cc1OCC1CC1. The molecule has 96 valence electrons. The molecule has 0 unspecified atom stereocenters. The lowest BCUT2D eigenvalue weighted by molar-refractivity contribution is 0.0696. The number of rotatable bonds is 6. The van der Waals surface area contributed by atoms with Crippen molar-refractivity contribution in [3.8, 4) is 5.75 Å². The van der Waals surface area contributed by atoms with Crippen molar-refractivity contribution in [2.45, 2.75) is 12.8 Å². The van der Waals surface area contributed by atoms with Gasteiger partial charge in [0, 0.05) is 5.56 Å². The fraction of sp³-hybridized carbons (Fsp3) is 0.385. The van der Waals surface area contributed by atoms with Crippen LogP contribution in [0.5, 0.6) is 5.75 Å². The van der Waals surface area contributed by atoms with Crippen LogP contribution in [0.15, 0.2) is 23.4 Å². The van der Waals surface area contributed by atoms with Crippen molar-refractivity contribution in [2.24, 2.45) is 11.1 Å². The van der Waals surface area contributed by atoms with E-state index >= 15 is 0 Å². The molecule has 2 rings (SSSR count). The number of nitrogens with zero attached hydrogens (tertiary/aromatic N) is 1. The van der Waals surface area contributed by atoms with Crippen LogP contribution in [0.25, 0.3) is 0 Å². The van der Waals surface area contributed by atoms with E-state index < -0.39 is 5.97 Å². The molecule has 1 aliphatic carbocycles. The molecule has 0 atom stereocenters. The highest BCUT2D eigenvalue weighted by Gasteiger charge is 2.22. The van der Waals surface area contributed by atoms with Crippen LogP contribution in [-0.4, -0.2) is 31.0 Å². The highest BCUT2D eigenvalue weighted by molar-refractivity contribution is 5.91. The van der Waals surface area contributed by atoms with Crippen molar-refractivity contribution in [2.75, 3.05) is 13.7 Å². The van der Waals surface area contributed by atoms with E-state index in [1.165, 1.54) is 38.3 Å². The molecule has 0 radical (unpaired) electrons. The predicted molar refractivity (Wildman–Crippen MR) is 66.2 cm³/mol. The number of hydrogen-bond donors (Lipinski definition) is 1. The maximum Gasteiger partial charge on any atom is 0.335 e. The third kappa shape index (κ3) is 3.23. The normalized spacial score (nSPS) is 14.7. The second-order valence-electron chi connectivity index (χ2n) is 4.23. The van der Waals surface area contributed by atoms with E-state index in [1.54, 1.807) is 6.07 Å². The maximum atomic E-state index is 10.9. The standard InChI is InChI=1S/C13H15NO4/c1-17-14-7-11-5-4-10(13(15)16)6-12(11)18-8-9-2-3-9/h4-7,9H,2-3,8H2,1H3,(H,15,16)/b14-7+. The average Bonchev–Trinajstić information content (AvgIpc) is 3.18. The summed E-state index contributed by atoms with van der Waals surface area (Å²) in [6.07, 6.45) is 3.87. The zero-order valence-corrected chi connectivity index (χ0v) is 10.1. The van der Waals surface area contributed by atoms with E-state index in [2.05, 4.69) is 9.99 Å². The number of carboxylic acid groups (broad SMARTS) is 1. The molecule has 1 aromatic rings. The summed E-state index contributed by atoms with van der Waals surface area (Å²) in [6, 6.07) is 4.69. The van der Waals surface area contributed by atoms with E-state index in [1.807, 2.05) is 0 Å². The number of hydrogen-bond acceptors (Lipinski definition) is 4. The molecule has 1 N–H and O–H groups in total. The Hall–Kier alpha value is -2.04. The van der Waals surface area contributed by atoms with E-state index in [0.29, 0.717) is 23.8 Å². The first-order valence-electron chi connectivity index (χ1n) is 5.77. The minimum atomic E-state index is -0.971. The third-order valence-corrected chi connectivity index (χ3v) is 2.73. The number of benzene rings is 1. The molecule has 0 amide bonds. The summed E-state index contributed by atoms with van der Waals surface area (Å²) >= 11 is 0. The van der Waals surface area contributed by atoms with Gasteiger partial charge in [-0.05, 0) is 37.0 Å². The Balaban J connectivity index is 2.19. The quantitative estimate of drug-likeness (QED) is 0.619. The van der Waals surface area contributed by atoms with E-state index in [4.69, 9.17) is 9.84 Å². The van der Waals surface area contributed by atoms with E-state index in [0.717, 1.165) is 0 Å². The molecule has 1 aliphatic rings. The van der Waals surface area contributed by atoms with Gasteiger partial charge in [0.1, 0.15) is 12.9 Å². The van der Waals surface area contributed by atoms with Crippen LogP contribution >= 0.6 is 0 Å². The van der Waals surface area contributed by atoms with Crippen LogP contribution in [0.1, 0.15) is 28.8 Å². The van der Waals surface area contributed by atoms with Crippen LogP contribution in [0.4, 0.5) is 0 Å². The third-order valence-electron chi connectivity index (χ3n) is 2.73. The van der Waals surface area contributed by atoms with Gasteiger partial charge in [-0.15, -0.1) is 0 Å². The van der Waals surface area contributed by atoms with Gasteiger partial charge in [0.2, 0.25) is 0 Å². The van der Waals surface area contributed by atoms with Gasteiger partial charge in [0.25, 0.3) is 0 Å². The second-order valence-corrected chi connectivity index (χ2v) is 4.23. The predicted octanol–water partition coefficient (Wildman–Crippen LogP) is 2.15. The van der Waals surface area contributed by atoms with Gasteiger partial charge in [0.15, 0.2) is 0 Å². The van der Waals surface area contributed by atoms with Gasteiger partial charge in [-0.3, -0.25) is 0 Å². The number of carbonyl (C=O) groups is 1. The van der Waals surface area contributed by atoms with E-state index in [-0.39, 0.29) is 5.56 Å². The van der Waals surface area contributed by atoms with Crippen LogP contribution < -0.4 is 4.74 Å². The van der Waals surface area contributed by atoms with Crippen molar-refractivity contribution < 1.29 is 19.5 Å². The molecular weight excluding hydrogens is 234 g/mol. The van der Waals surface area contributed by atoms with Crippen molar-refractivity contribution in [1.82, 2.24) is 0 Å². The monoisotopic (exact) mass is 249 g/mol. The Morgan fingerprint density at radius 3 is 2.94 bits per heavy atom. The molecule has 1 aromatic carbocycles. The first-order chi connectivity index (χ1) is 8.70. The zero-order chi connectivity index (χ0) is 13.0. The van der Waals surface area contributed by atoms with Crippen molar-refractivity contribution in [3.05, 3.63) is 29.3 Å². The van der Waals surface area contributed by atoms with Gasteiger partial charge in [-0.1, -0.05) is 5.16 Å². The first-order valence-corrected chi connectivity index (χ1v) is 5.77. The molecule has 0 aromatic heterocycles. The molecule has 1 fully saturated rings. The van der Waals surface area contributed by atoms with Gasteiger partial charge < -0.3 is 14.7 Å². The smallest absolute Gasteiger partial charge is 0.335 e. The molecule has 0 spiro atoms. The van der Waals surface area contributed by atoms with Crippen LogP contribution in [0, 0.1) is 5.92 Å². The average molecular weight is 249 g/mol. The summed E-state index contributed by atoms with van der Waals surface area (Å²) in [7, 11) is 1.45. The molecule has 5 nitrogen and oxygen atoms in total. The Bertz CT molecular complexity index is 466. The zero-order valence-electron chi connectivity index (χ0n) is 10.1. The van der Waals surface area contributed by atoms with Crippen molar-refractivity contribution >= 4 is 12.2 Å². The minimum Gasteiger partial charge on any atom is -0.493 e. The largest absolute Gasteiger partial charge is 0.493 e. The number of oxime groups is 1. The molecule has 0 heterocycles. The van der Waals surface area contributed by atoms with Crippen LogP contribution in [-0.2, 0) is 4.84 Å². The summed E-state index contributed by atoms with van der Waals surface area (Å²) < 4.78 is 5.64. The maximum absolute atomic E-state index is 10.9. The summed E-state index contributed by atoms with van der Waals surface area (Å²) in [4.78, 5) is 15.5. The molecular formula is C13H15NO4. The molecule has 0 aliphatic heterocycles. The second kappa shape index (κ2) is 5.53. The fourth-order valence-corrected chi connectivity index (χ4v) is 1.50. The Labute approximate surface area is 105 Å². The summed E-state index contributed by atoms with van der Waals surface area (Å²) in [6.45, 7) is 0.622. The van der Waals surface area contributed by atoms with Crippen LogP contribution in [0.3, 0.4) is 0 Å². The Morgan fingerprint density at radius 2 is 2.33 bits per heavy atom. The number of aromatic carboxylic acids is 1. The topological polar surface area (TPSA) is 68.1 Å². The summed E-state index contributed by atoms with van der Waals surface area (Å²) in [5.74, 6) is 0.162. The van der Waals surface area contributed by atoms with Gasteiger partial charge in [0.05, 0.1) is 18.4 Å². The van der Waals surface area contributed by atoms with Crippen molar-refractivity contribution in [1.29, 1.82) is 0 Å². The number of carboxylic acids is 1. The lowest BCUT2D eigenvalue weighted by Gasteiger charge is -2.09. The first kappa shape index (κ1) is 12.4. The van der Waals surface area contributed by atoms with Crippen molar-refractivity contribution in [3.63, 3.8) is 0 Å². The summed E-state index contributed by atoms with van der Waals surface area (Å²) in [5.41, 5.74) is 0.915. The molecule has 0 saturated heterocycles. The van der Waals surface area contributed by atoms with Gasteiger partial charge in [-0.2, -0.15) is 0 Å². The number of ether oxygens (including phenoxy) is 1. The molecule has 18 heavy (non-hydrogen) atoms. The molecule has 0 bridgehead atoms. The fourth-order valence-electron chi connectivity index (χ4n) is 1.50. The minimum absolute atomic E-state index is 0.204. The van der Waals surface area contributed by atoms with Gasteiger partial charge >= 0.3 is 5.97 Å². The van der Waals surface area contributed by atoms with Crippen LogP contribution in [0.2, 0.25) is 0 Å². The highest BCUT2D eigenvalue weighted by Crippen LogP contribution is 2.30. The Morgan fingerprint density at radius 1 is 1.56 bits per heavy atom. The highest BCUT2D eigenvalue weighted by atomic mass is 16.6. The lowest BCUT2D eigenvalue weighted by atomic mass is 10.1. The van der Waals surface area contributed by atoms with E-state index in [9.17, 15) is 4.79 Å². The molecule has 1 saturated carbocycles. The lowest BCUT2D eigenvalue weighted by Crippen LogP contribution is -2.04. The molecule has 5 heteroatoms. The summed E-state index contributed by atoms with van der Waals surface area (Å²) in [5, 5.41) is 12.6. The Kier molecular flexibility index (Phi) is 3.82.